The molecule has 0 bridgehead atoms. The summed E-state index contributed by atoms with van der Waals surface area (Å²) >= 11 is 2.63. The van der Waals surface area contributed by atoms with Crippen LogP contribution in [0.1, 0.15) is 5.56 Å². The van der Waals surface area contributed by atoms with E-state index in [0.29, 0.717) is 34.3 Å². The minimum Gasteiger partial charge on any atom is -0.493 e. The van der Waals surface area contributed by atoms with Gasteiger partial charge in [-0.05, 0) is 18.1 Å². The lowest BCUT2D eigenvalue weighted by Gasteiger charge is -2.25. The molecule has 2 aromatic rings. The van der Waals surface area contributed by atoms with Gasteiger partial charge in [-0.25, -0.2) is 0 Å². The average Bonchev–Trinajstić information content (AvgIpc) is 2.96. The van der Waals surface area contributed by atoms with Crippen LogP contribution in [-0.2, 0) is 11.2 Å². The maximum Gasteiger partial charge on any atom is 0.230 e. The number of amides is 1. The van der Waals surface area contributed by atoms with Gasteiger partial charge in [0.05, 0.1) is 12.4 Å². The molecule has 0 spiro atoms. The molecule has 1 aliphatic rings. The van der Waals surface area contributed by atoms with Crippen LogP contribution in [0.4, 0.5) is 5.13 Å². The fraction of sp³-hybridized carbons (Fsp3) is 0.357. The molecule has 0 fully saturated rings. The van der Waals surface area contributed by atoms with Crippen molar-refractivity contribution in [3.8, 4) is 5.75 Å². The van der Waals surface area contributed by atoms with Crippen LogP contribution < -0.4 is 15.8 Å². The first-order chi connectivity index (χ1) is 10.7. The quantitative estimate of drug-likeness (QED) is 0.806. The van der Waals surface area contributed by atoms with E-state index in [0.717, 1.165) is 12.2 Å². The highest BCUT2D eigenvalue weighted by atomic mass is 32.2. The van der Waals surface area contributed by atoms with Gasteiger partial charge >= 0.3 is 0 Å². The molecule has 1 aliphatic heterocycles. The van der Waals surface area contributed by atoms with Crippen molar-refractivity contribution in [2.75, 3.05) is 24.6 Å². The second-order valence-corrected chi connectivity index (χ2v) is 7.22. The Bertz CT molecular complexity index is 662. The topological polar surface area (TPSA) is 90.1 Å². The molecule has 1 aromatic heterocycles. The van der Waals surface area contributed by atoms with Crippen LogP contribution >= 0.6 is 23.1 Å². The average molecular weight is 336 g/mol. The molecule has 6 nitrogen and oxygen atoms in total. The largest absolute Gasteiger partial charge is 0.493 e. The Morgan fingerprint density at radius 2 is 2.32 bits per heavy atom. The van der Waals surface area contributed by atoms with Crippen LogP contribution in [0.5, 0.6) is 5.75 Å². The highest BCUT2D eigenvalue weighted by Crippen LogP contribution is 2.26. The summed E-state index contributed by atoms with van der Waals surface area (Å²) in [6, 6.07) is 8.03. The van der Waals surface area contributed by atoms with Crippen molar-refractivity contribution in [2.24, 2.45) is 5.92 Å². The summed E-state index contributed by atoms with van der Waals surface area (Å²) < 4.78 is 6.42. The lowest BCUT2D eigenvalue weighted by Crippen LogP contribution is -2.35. The summed E-state index contributed by atoms with van der Waals surface area (Å²) in [4.78, 5) is 11.9. The van der Waals surface area contributed by atoms with Crippen molar-refractivity contribution in [2.45, 2.75) is 10.8 Å². The van der Waals surface area contributed by atoms with Crippen molar-refractivity contribution >= 4 is 34.1 Å². The number of nitrogens with zero attached hydrogens (tertiary/aromatic N) is 2. The lowest BCUT2D eigenvalue weighted by atomic mass is 9.97. The van der Waals surface area contributed by atoms with Crippen LogP contribution in [0, 0.1) is 5.92 Å². The van der Waals surface area contributed by atoms with E-state index in [1.54, 1.807) is 0 Å². The third kappa shape index (κ3) is 3.89. The van der Waals surface area contributed by atoms with Gasteiger partial charge in [0.1, 0.15) is 5.75 Å². The van der Waals surface area contributed by atoms with Gasteiger partial charge < -0.3 is 15.8 Å². The molecule has 0 aliphatic carbocycles. The molecule has 116 valence electrons. The van der Waals surface area contributed by atoms with Gasteiger partial charge in [0, 0.05) is 12.5 Å². The minimum atomic E-state index is -0.0161. The van der Waals surface area contributed by atoms with E-state index >= 15 is 0 Å². The van der Waals surface area contributed by atoms with Gasteiger partial charge in [-0.3, -0.25) is 4.79 Å². The van der Waals surface area contributed by atoms with Crippen LogP contribution in [0.3, 0.4) is 0 Å². The van der Waals surface area contributed by atoms with Gasteiger partial charge in [0.25, 0.3) is 0 Å². The van der Waals surface area contributed by atoms with E-state index in [1.165, 1.54) is 28.7 Å². The first-order valence-corrected chi connectivity index (χ1v) is 8.70. The fourth-order valence-electron chi connectivity index (χ4n) is 2.24. The SMILES string of the molecule is Nc1nnc(SCC(=O)NCC2COc3ccccc3C2)s1. The molecular weight excluding hydrogens is 320 g/mol. The number of fused-ring (bicyclic) bond motifs is 1. The number of nitrogens with one attached hydrogen (secondary N) is 1. The maximum atomic E-state index is 11.9. The maximum absolute atomic E-state index is 11.9. The van der Waals surface area contributed by atoms with Crippen LogP contribution in [-0.4, -0.2) is 35.0 Å². The Morgan fingerprint density at radius 1 is 1.45 bits per heavy atom. The summed E-state index contributed by atoms with van der Waals surface area (Å²) in [6.45, 7) is 1.25. The first-order valence-electron chi connectivity index (χ1n) is 6.90. The number of benzene rings is 1. The second kappa shape index (κ2) is 6.97. The molecule has 2 heterocycles. The third-order valence-electron chi connectivity index (χ3n) is 3.29. The number of para-hydroxylation sites is 1. The summed E-state index contributed by atoms with van der Waals surface area (Å²) in [7, 11) is 0. The molecule has 0 saturated carbocycles. The van der Waals surface area contributed by atoms with Gasteiger partial charge in [-0.2, -0.15) is 0 Å². The third-order valence-corrected chi connectivity index (χ3v) is 5.18. The highest BCUT2D eigenvalue weighted by molar-refractivity contribution is 8.01. The zero-order valence-corrected chi connectivity index (χ0v) is 13.5. The van der Waals surface area contributed by atoms with Crippen LogP contribution in [0.2, 0.25) is 0 Å². The van der Waals surface area contributed by atoms with Crippen molar-refractivity contribution in [3.05, 3.63) is 29.8 Å². The molecular formula is C14H16N4O2S2. The molecule has 1 unspecified atom stereocenters. The van der Waals surface area contributed by atoms with Gasteiger partial charge in [-0.15, -0.1) is 10.2 Å². The fourth-order valence-corrected chi connectivity index (χ4v) is 3.70. The lowest BCUT2D eigenvalue weighted by molar-refractivity contribution is -0.118. The summed E-state index contributed by atoms with van der Waals surface area (Å²) in [5, 5.41) is 10.9. The van der Waals surface area contributed by atoms with Crippen molar-refractivity contribution < 1.29 is 9.53 Å². The summed E-state index contributed by atoms with van der Waals surface area (Å²) in [5.74, 6) is 1.56. The Morgan fingerprint density at radius 3 is 3.14 bits per heavy atom. The molecule has 8 heteroatoms. The van der Waals surface area contributed by atoms with E-state index in [4.69, 9.17) is 10.5 Å². The summed E-state index contributed by atoms with van der Waals surface area (Å²) in [6.07, 6.45) is 0.927. The molecule has 22 heavy (non-hydrogen) atoms. The minimum absolute atomic E-state index is 0.0161. The number of hydrogen-bond donors (Lipinski definition) is 2. The van der Waals surface area contributed by atoms with Gasteiger partial charge in [0.2, 0.25) is 11.0 Å². The number of rotatable bonds is 5. The number of ether oxygens (including phenoxy) is 1. The van der Waals surface area contributed by atoms with Crippen molar-refractivity contribution in [1.29, 1.82) is 0 Å². The first kappa shape index (κ1) is 15.1. The number of nitrogen functional groups attached to an aromatic ring is 1. The normalized spacial score (nSPS) is 16.6. The second-order valence-electron chi connectivity index (χ2n) is 4.99. The Labute approximate surface area is 136 Å². The van der Waals surface area contributed by atoms with Crippen LogP contribution in [0.25, 0.3) is 0 Å². The van der Waals surface area contributed by atoms with E-state index in [2.05, 4.69) is 21.6 Å². The number of hydrogen-bond acceptors (Lipinski definition) is 7. The highest BCUT2D eigenvalue weighted by Gasteiger charge is 2.20. The number of carbonyl (C=O) groups is 1. The van der Waals surface area contributed by atoms with E-state index < -0.39 is 0 Å². The molecule has 1 aromatic carbocycles. The van der Waals surface area contributed by atoms with Crippen LogP contribution in [0.15, 0.2) is 28.6 Å². The number of carbonyl (C=O) groups excluding carboxylic acids is 1. The number of nitrogens with two attached hydrogens (primary N) is 1. The summed E-state index contributed by atoms with van der Waals surface area (Å²) in [5.41, 5.74) is 6.70. The molecule has 0 saturated heterocycles. The zero-order chi connectivity index (χ0) is 15.4. The predicted octanol–water partition coefficient (Wildman–Crippen LogP) is 1.58. The standard InChI is InChI=1S/C14H16N4O2S2/c15-13-17-18-14(22-13)21-8-12(19)16-6-9-5-10-3-1-2-4-11(10)20-7-9/h1-4,9H,5-8H2,(H2,15,17)(H,16,19). The molecule has 1 atom stereocenters. The van der Waals surface area contributed by atoms with Crippen molar-refractivity contribution in [1.82, 2.24) is 15.5 Å². The zero-order valence-electron chi connectivity index (χ0n) is 11.8. The van der Waals surface area contributed by atoms with E-state index in [1.807, 2.05) is 18.2 Å². The Hall–Kier alpha value is -1.80. The number of anilines is 1. The van der Waals surface area contributed by atoms with E-state index in [-0.39, 0.29) is 5.91 Å². The van der Waals surface area contributed by atoms with Gasteiger partial charge in [-0.1, -0.05) is 41.3 Å². The van der Waals surface area contributed by atoms with Crippen molar-refractivity contribution in [3.63, 3.8) is 0 Å². The molecule has 3 N–H and O–H groups in total. The molecule has 0 radical (unpaired) electrons. The molecule has 1 amide bonds. The smallest absolute Gasteiger partial charge is 0.230 e. The number of aromatic nitrogens is 2. The van der Waals surface area contributed by atoms with Gasteiger partial charge in [0.15, 0.2) is 4.34 Å². The number of thioether (sulfide) groups is 1. The monoisotopic (exact) mass is 336 g/mol. The Balaban J connectivity index is 1.42. The van der Waals surface area contributed by atoms with E-state index in [9.17, 15) is 4.79 Å². The predicted molar refractivity (Wildman–Crippen MR) is 87.2 cm³/mol. The molecule has 3 rings (SSSR count). The Kier molecular flexibility index (Phi) is 4.79.